The molecule has 0 aliphatic carbocycles. The second-order valence-corrected chi connectivity index (χ2v) is 6.45. The largest absolute Gasteiger partial charge is 0.489 e. The van der Waals surface area contributed by atoms with Crippen LogP contribution in [-0.4, -0.2) is 26.2 Å². The third kappa shape index (κ3) is 6.25. The molecule has 0 aliphatic heterocycles. The first-order valence-electron chi connectivity index (χ1n) is 6.54. The Kier molecular flexibility index (Phi) is 7.99. The first-order valence-corrected chi connectivity index (χ1v) is 8.13. The summed E-state index contributed by atoms with van der Waals surface area (Å²) in [4.78, 5) is 0. The highest BCUT2D eigenvalue weighted by Gasteiger charge is 2.11. The van der Waals surface area contributed by atoms with Crippen molar-refractivity contribution in [2.45, 2.75) is 32.9 Å². The number of hydrogen-bond acceptors (Lipinski definition) is 3. The Bertz CT molecular complexity index is 397. The Morgan fingerprint density at radius 1 is 1.21 bits per heavy atom. The Labute approximate surface area is 132 Å². The van der Waals surface area contributed by atoms with Gasteiger partial charge in [0.2, 0.25) is 0 Å². The first-order chi connectivity index (χ1) is 9.04. The predicted octanol–water partition coefficient (Wildman–Crippen LogP) is 3.70. The molecule has 1 aromatic rings. The summed E-state index contributed by atoms with van der Waals surface area (Å²) in [5, 5.41) is 6.59. The van der Waals surface area contributed by atoms with Gasteiger partial charge in [0.25, 0.3) is 0 Å². The van der Waals surface area contributed by atoms with Gasteiger partial charge in [-0.3, -0.25) is 0 Å². The minimum absolute atomic E-state index is 0.167. The van der Waals surface area contributed by atoms with Crippen molar-refractivity contribution in [1.82, 2.24) is 10.6 Å². The van der Waals surface area contributed by atoms with E-state index >= 15 is 0 Å². The van der Waals surface area contributed by atoms with Crippen molar-refractivity contribution in [3.8, 4) is 5.75 Å². The zero-order valence-corrected chi connectivity index (χ0v) is 14.9. The van der Waals surface area contributed by atoms with Crippen molar-refractivity contribution >= 4 is 31.9 Å². The summed E-state index contributed by atoms with van der Waals surface area (Å²) >= 11 is 7.09. The quantitative estimate of drug-likeness (QED) is 0.660. The van der Waals surface area contributed by atoms with Crippen molar-refractivity contribution in [2.75, 3.05) is 20.1 Å². The second kappa shape index (κ2) is 8.95. The molecule has 0 aliphatic rings. The molecule has 0 saturated heterocycles. The lowest BCUT2D eigenvalue weighted by Gasteiger charge is -2.17. The molecule has 19 heavy (non-hydrogen) atoms. The molecule has 5 heteroatoms. The van der Waals surface area contributed by atoms with E-state index in [1.54, 1.807) is 0 Å². The first kappa shape index (κ1) is 17.0. The fourth-order valence-corrected chi connectivity index (χ4v) is 3.13. The van der Waals surface area contributed by atoms with E-state index in [-0.39, 0.29) is 6.10 Å². The van der Waals surface area contributed by atoms with Crippen LogP contribution in [0.5, 0.6) is 5.75 Å². The summed E-state index contributed by atoms with van der Waals surface area (Å²) < 4.78 is 7.94. The minimum atomic E-state index is 0.167. The standard InChI is InChI=1S/C14H22Br2N2O/c1-10(2)19-14-11(7-12(15)8-13(14)16)9-18-6-4-5-17-3/h7-8,10,17-18H,4-6,9H2,1-3H3. The molecule has 0 aromatic heterocycles. The SMILES string of the molecule is CNCCCNCc1cc(Br)cc(Br)c1OC(C)C. The van der Waals surface area contributed by atoms with Gasteiger partial charge in [-0.1, -0.05) is 15.9 Å². The van der Waals surface area contributed by atoms with Crippen LogP contribution in [0.1, 0.15) is 25.8 Å². The molecule has 0 bridgehead atoms. The number of rotatable bonds is 8. The lowest BCUT2D eigenvalue weighted by Crippen LogP contribution is -2.20. The third-order valence-corrected chi connectivity index (χ3v) is 3.58. The molecule has 0 radical (unpaired) electrons. The van der Waals surface area contributed by atoms with Crippen LogP contribution in [0, 0.1) is 0 Å². The van der Waals surface area contributed by atoms with E-state index in [2.05, 4.69) is 48.6 Å². The molecule has 1 aromatic carbocycles. The molecule has 0 heterocycles. The molecule has 2 N–H and O–H groups in total. The molecule has 0 saturated carbocycles. The van der Waals surface area contributed by atoms with Crippen LogP contribution in [0.4, 0.5) is 0 Å². The van der Waals surface area contributed by atoms with Crippen LogP contribution in [-0.2, 0) is 6.54 Å². The lowest BCUT2D eigenvalue weighted by atomic mass is 10.2. The molecular formula is C14H22Br2N2O. The Morgan fingerprint density at radius 3 is 2.58 bits per heavy atom. The van der Waals surface area contributed by atoms with Crippen LogP contribution in [0.3, 0.4) is 0 Å². The number of hydrogen-bond donors (Lipinski definition) is 2. The summed E-state index contributed by atoms with van der Waals surface area (Å²) in [7, 11) is 1.97. The van der Waals surface area contributed by atoms with E-state index in [1.807, 2.05) is 27.0 Å². The fraction of sp³-hybridized carbons (Fsp3) is 0.571. The zero-order chi connectivity index (χ0) is 14.3. The number of nitrogens with one attached hydrogen (secondary N) is 2. The van der Waals surface area contributed by atoms with Crippen LogP contribution in [0.25, 0.3) is 0 Å². The van der Waals surface area contributed by atoms with Gasteiger partial charge in [0, 0.05) is 16.6 Å². The highest BCUT2D eigenvalue weighted by atomic mass is 79.9. The van der Waals surface area contributed by atoms with Crippen molar-refractivity contribution in [2.24, 2.45) is 0 Å². The average Bonchev–Trinajstić information content (AvgIpc) is 2.32. The van der Waals surface area contributed by atoms with Gasteiger partial charge in [-0.2, -0.15) is 0 Å². The Hall–Kier alpha value is -0.100. The average molecular weight is 394 g/mol. The topological polar surface area (TPSA) is 33.3 Å². The van der Waals surface area contributed by atoms with Crippen LogP contribution in [0.2, 0.25) is 0 Å². The van der Waals surface area contributed by atoms with Crippen LogP contribution in [0.15, 0.2) is 21.1 Å². The summed E-state index contributed by atoms with van der Waals surface area (Å²) in [6.45, 7) is 6.91. The monoisotopic (exact) mass is 392 g/mol. The van der Waals surface area contributed by atoms with Crippen molar-refractivity contribution in [1.29, 1.82) is 0 Å². The summed E-state index contributed by atoms with van der Waals surface area (Å²) in [5.74, 6) is 0.930. The maximum atomic E-state index is 5.89. The van der Waals surface area contributed by atoms with E-state index < -0.39 is 0 Å². The highest BCUT2D eigenvalue weighted by molar-refractivity contribution is 9.11. The molecule has 0 spiro atoms. The summed E-state index contributed by atoms with van der Waals surface area (Å²) in [6.07, 6.45) is 1.28. The smallest absolute Gasteiger partial charge is 0.138 e. The molecule has 0 fully saturated rings. The van der Waals surface area contributed by atoms with Gasteiger partial charge in [0.1, 0.15) is 5.75 Å². The summed E-state index contributed by atoms with van der Waals surface area (Å²) in [6, 6.07) is 4.12. The molecule has 3 nitrogen and oxygen atoms in total. The molecule has 0 amide bonds. The Balaban J connectivity index is 2.68. The van der Waals surface area contributed by atoms with Crippen molar-refractivity contribution in [3.63, 3.8) is 0 Å². The maximum Gasteiger partial charge on any atom is 0.138 e. The number of benzene rings is 1. The Morgan fingerprint density at radius 2 is 1.95 bits per heavy atom. The second-order valence-electron chi connectivity index (χ2n) is 4.68. The zero-order valence-electron chi connectivity index (χ0n) is 11.7. The molecule has 0 atom stereocenters. The predicted molar refractivity (Wildman–Crippen MR) is 87.9 cm³/mol. The van der Waals surface area contributed by atoms with E-state index in [4.69, 9.17) is 4.74 Å². The van der Waals surface area contributed by atoms with Crippen molar-refractivity contribution < 1.29 is 4.74 Å². The van der Waals surface area contributed by atoms with Gasteiger partial charge in [-0.15, -0.1) is 0 Å². The molecular weight excluding hydrogens is 372 g/mol. The van der Waals surface area contributed by atoms with Gasteiger partial charge in [-0.25, -0.2) is 0 Å². The fourth-order valence-electron chi connectivity index (χ4n) is 1.73. The van der Waals surface area contributed by atoms with E-state index in [0.717, 1.165) is 40.8 Å². The van der Waals surface area contributed by atoms with Gasteiger partial charge in [-0.05, 0) is 68.5 Å². The van der Waals surface area contributed by atoms with Gasteiger partial charge >= 0.3 is 0 Å². The number of halogens is 2. The minimum Gasteiger partial charge on any atom is -0.489 e. The maximum absolute atomic E-state index is 5.89. The summed E-state index contributed by atoms with van der Waals surface area (Å²) in [5.41, 5.74) is 1.17. The molecule has 0 unspecified atom stereocenters. The van der Waals surface area contributed by atoms with Gasteiger partial charge in [0.05, 0.1) is 10.6 Å². The van der Waals surface area contributed by atoms with Crippen LogP contribution < -0.4 is 15.4 Å². The van der Waals surface area contributed by atoms with Crippen LogP contribution >= 0.6 is 31.9 Å². The van der Waals surface area contributed by atoms with Gasteiger partial charge in [0.15, 0.2) is 0 Å². The van der Waals surface area contributed by atoms with E-state index in [9.17, 15) is 0 Å². The van der Waals surface area contributed by atoms with E-state index in [1.165, 1.54) is 5.56 Å². The van der Waals surface area contributed by atoms with Gasteiger partial charge < -0.3 is 15.4 Å². The highest BCUT2D eigenvalue weighted by Crippen LogP contribution is 2.33. The molecule has 1 rings (SSSR count). The third-order valence-electron chi connectivity index (χ3n) is 2.53. The van der Waals surface area contributed by atoms with E-state index in [0.29, 0.717) is 0 Å². The lowest BCUT2D eigenvalue weighted by molar-refractivity contribution is 0.238. The van der Waals surface area contributed by atoms with Crippen molar-refractivity contribution in [3.05, 3.63) is 26.6 Å². The normalized spacial score (nSPS) is 11.1. The molecule has 108 valence electrons. The number of ether oxygens (including phenoxy) is 1.